The van der Waals surface area contributed by atoms with Gasteiger partial charge in [-0.15, -0.1) is 6.42 Å². The molecule has 0 aliphatic rings. The number of phenols is 2. The second-order valence-corrected chi connectivity index (χ2v) is 9.21. The van der Waals surface area contributed by atoms with Gasteiger partial charge < -0.3 is 21.7 Å². The van der Waals surface area contributed by atoms with Crippen LogP contribution in [0.3, 0.4) is 0 Å². The van der Waals surface area contributed by atoms with Crippen molar-refractivity contribution in [2.24, 2.45) is 0 Å². The van der Waals surface area contributed by atoms with Gasteiger partial charge in [-0.05, 0) is 23.3 Å². The zero-order valence-electron chi connectivity index (χ0n) is 17.4. The lowest BCUT2D eigenvalue weighted by Gasteiger charge is -2.18. The van der Waals surface area contributed by atoms with Crippen molar-refractivity contribution in [2.75, 3.05) is 11.5 Å². The number of rotatable bonds is 4. The van der Waals surface area contributed by atoms with Crippen molar-refractivity contribution in [1.82, 2.24) is 0 Å². The van der Waals surface area contributed by atoms with Crippen LogP contribution in [0, 0.1) is 12.3 Å². The lowest BCUT2D eigenvalue weighted by atomic mass is 10.0. The Balaban J connectivity index is 2.13. The Morgan fingerprint density at radius 3 is 1.82 bits per heavy atom. The summed E-state index contributed by atoms with van der Waals surface area (Å²) in [4.78, 5) is -0.498. The summed E-state index contributed by atoms with van der Waals surface area (Å²) in [5.41, 5.74) is 13.2. The lowest BCUT2D eigenvalue weighted by molar-refractivity contribution is 0.474. The minimum Gasteiger partial charge on any atom is -0.506 e. The minimum absolute atomic E-state index is 0.0217. The minimum atomic E-state index is -4.39. The van der Waals surface area contributed by atoms with E-state index in [9.17, 15) is 18.6 Å². The maximum atomic E-state index is 14.1. The van der Waals surface area contributed by atoms with E-state index in [1.54, 1.807) is 60.7 Å². The number of nitrogen functional groups attached to an aromatic ring is 2. The van der Waals surface area contributed by atoms with Crippen LogP contribution >= 0.6 is 0 Å². The Kier molecular flexibility index (Phi) is 5.46. The van der Waals surface area contributed by atoms with Gasteiger partial charge in [-0.3, -0.25) is 0 Å². The highest BCUT2D eigenvalue weighted by molar-refractivity contribution is 7.91. The van der Waals surface area contributed by atoms with Gasteiger partial charge in [0.15, 0.2) is 5.75 Å². The molecule has 4 aromatic carbocycles. The first kappa shape index (κ1) is 21.8. The van der Waals surface area contributed by atoms with E-state index in [0.29, 0.717) is 11.1 Å². The number of hydrogen-bond donors (Lipinski definition) is 4. The van der Waals surface area contributed by atoms with Gasteiger partial charge in [0.05, 0.1) is 26.7 Å². The number of hydrogen-bond acceptors (Lipinski definition) is 6. The lowest BCUT2D eigenvalue weighted by Crippen LogP contribution is -2.10. The van der Waals surface area contributed by atoms with Crippen LogP contribution in [0.15, 0.2) is 88.7 Å². The molecule has 0 saturated carbocycles. The summed E-state index contributed by atoms with van der Waals surface area (Å²) < 4.78 is 28.3. The van der Waals surface area contributed by atoms with E-state index in [0.717, 1.165) is 6.07 Å². The summed E-state index contributed by atoms with van der Waals surface area (Å²) in [6.45, 7) is 0. The Morgan fingerprint density at radius 1 is 0.758 bits per heavy atom. The normalized spacial score (nSPS) is 11.1. The molecular formula is C26H20N2O4S. The van der Waals surface area contributed by atoms with E-state index in [-0.39, 0.29) is 37.9 Å². The van der Waals surface area contributed by atoms with Crippen molar-refractivity contribution in [3.05, 3.63) is 84.4 Å². The maximum absolute atomic E-state index is 14.1. The predicted octanol–water partition coefficient (Wildman–Crippen LogP) is 4.41. The third-order valence-corrected chi connectivity index (χ3v) is 7.16. The molecule has 33 heavy (non-hydrogen) atoms. The van der Waals surface area contributed by atoms with Crippen LogP contribution < -0.4 is 11.5 Å². The first-order valence-electron chi connectivity index (χ1n) is 9.86. The quantitative estimate of drug-likeness (QED) is 0.205. The van der Waals surface area contributed by atoms with Crippen molar-refractivity contribution in [3.8, 4) is 46.1 Å². The highest BCUT2D eigenvalue weighted by Crippen LogP contribution is 2.44. The number of nitrogens with two attached hydrogens (primary N) is 2. The molecular weight excluding hydrogens is 436 g/mol. The molecule has 6 N–H and O–H groups in total. The van der Waals surface area contributed by atoms with E-state index >= 15 is 0 Å². The summed E-state index contributed by atoms with van der Waals surface area (Å²) in [7, 11) is -4.39. The molecule has 4 aromatic rings. The third-order valence-electron chi connectivity index (χ3n) is 5.28. The SMILES string of the molecule is C#Cc1c(O)c(N)cc(-c2ccccc2)c1S(=O)(=O)c1cc(O)c(N)cc1-c1ccccc1. The molecule has 0 aliphatic carbocycles. The summed E-state index contributed by atoms with van der Waals surface area (Å²) in [5, 5.41) is 20.8. The van der Waals surface area contributed by atoms with Crippen molar-refractivity contribution in [2.45, 2.75) is 9.79 Å². The molecule has 0 amide bonds. The zero-order valence-corrected chi connectivity index (χ0v) is 18.2. The molecule has 0 radical (unpaired) electrons. The Bertz CT molecular complexity index is 1510. The smallest absolute Gasteiger partial charge is 0.209 e. The van der Waals surface area contributed by atoms with E-state index < -0.39 is 21.3 Å². The Morgan fingerprint density at radius 2 is 1.27 bits per heavy atom. The molecule has 0 heterocycles. The molecule has 0 spiro atoms. The molecule has 6 nitrogen and oxygen atoms in total. The predicted molar refractivity (Wildman–Crippen MR) is 129 cm³/mol. The third kappa shape index (κ3) is 3.73. The van der Waals surface area contributed by atoms with Crippen LogP contribution in [-0.4, -0.2) is 18.6 Å². The van der Waals surface area contributed by atoms with E-state index in [2.05, 4.69) is 5.92 Å². The van der Waals surface area contributed by atoms with Gasteiger partial charge in [-0.1, -0.05) is 66.6 Å². The molecule has 0 aromatic heterocycles. The number of aromatic hydroxyl groups is 2. The fourth-order valence-electron chi connectivity index (χ4n) is 3.68. The van der Waals surface area contributed by atoms with Gasteiger partial charge >= 0.3 is 0 Å². The molecule has 7 heteroatoms. The number of anilines is 2. The largest absolute Gasteiger partial charge is 0.506 e. The van der Waals surface area contributed by atoms with E-state index in [1.807, 2.05) is 0 Å². The molecule has 4 rings (SSSR count). The Labute approximate surface area is 191 Å². The first-order chi connectivity index (χ1) is 15.8. The average Bonchev–Trinajstić information content (AvgIpc) is 2.82. The number of phenolic OH excluding ortho intramolecular Hbond substituents is 2. The van der Waals surface area contributed by atoms with Crippen LogP contribution in [0.1, 0.15) is 5.56 Å². The monoisotopic (exact) mass is 456 g/mol. The van der Waals surface area contributed by atoms with Crippen molar-refractivity contribution in [3.63, 3.8) is 0 Å². The van der Waals surface area contributed by atoms with Crippen LogP contribution in [0.4, 0.5) is 11.4 Å². The van der Waals surface area contributed by atoms with Gasteiger partial charge in [0.25, 0.3) is 0 Å². The van der Waals surface area contributed by atoms with E-state index in [1.165, 1.54) is 12.1 Å². The van der Waals surface area contributed by atoms with Crippen LogP contribution in [-0.2, 0) is 9.84 Å². The topological polar surface area (TPSA) is 127 Å². The van der Waals surface area contributed by atoms with Crippen molar-refractivity contribution in [1.29, 1.82) is 0 Å². The van der Waals surface area contributed by atoms with Crippen LogP contribution in [0.25, 0.3) is 22.3 Å². The number of sulfone groups is 1. The number of terminal acetylenes is 1. The Hall–Kier alpha value is -4.41. The van der Waals surface area contributed by atoms with Crippen molar-refractivity contribution < 1.29 is 18.6 Å². The molecule has 0 aliphatic heterocycles. The molecule has 164 valence electrons. The molecule has 0 unspecified atom stereocenters. The van der Waals surface area contributed by atoms with Crippen LogP contribution in [0.5, 0.6) is 11.5 Å². The van der Waals surface area contributed by atoms with Crippen molar-refractivity contribution >= 4 is 21.2 Å². The molecule has 0 bridgehead atoms. The van der Waals surface area contributed by atoms with Gasteiger partial charge in [0.2, 0.25) is 9.84 Å². The summed E-state index contributed by atoms with van der Waals surface area (Å²) in [6, 6.07) is 21.3. The summed E-state index contributed by atoms with van der Waals surface area (Å²) >= 11 is 0. The summed E-state index contributed by atoms with van der Waals surface area (Å²) in [6.07, 6.45) is 5.65. The zero-order chi connectivity index (χ0) is 23.8. The maximum Gasteiger partial charge on any atom is 0.209 e. The van der Waals surface area contributed by atoms with Gasteiger partial charge in [0, 0.05) is 17.2 Å². The average molecular weight is 457 g/mol. The first-order valence-corrected chi connectivity index (χ1v) is 11.3. The van der Waals surface area contributed by atoms with Crippen LogP contribution in [0.2, 0.25) is 0 Å². The number of benzene rings is 4. The summed E-state index contributed by atoms with van der Waals surface area (Å²) in [5.74, 6) is 1.38. The fraction of sp³-hybridized carbons (Fsp3) is 0. The fourth-order valence-corrected chi connectivity index (χ4v) is 5.53. The second-order valence-electron chi connectivity index (χ2n) is 7.35. The van der Waals surface area contributed by atoms with Gasteiger partial charge in [0.1, 0.15) is 5.75 Å². The van der Waals surface area contributed by atoms with Gasteiger partial charge in [-0.25, -0.2) is 8.42 Å². The molecule has 0 saturated heterocycles. The molecule has 0 fully saturated rings. The standard InChI is InChI=1S/C26H20N2O4S/c1-2-18-25(30)22(28)14-20(17-11-7-4-8-12-17)26(18)33(31,32)24-15-23(29)21(27)13-19(24)16-9-5-3-6-10-16/h1,3-15,29-30H,27-28H2. The highest BCUT2D eigenvalue weighted by Gasteiger charge is 2.31. The van der Waals surface area contributed by atoms with Gasteiger partial charge in [-0.2, -0.15) is 0 Å². The molecule has 0 atom stereocenters. The highest BCUT2D eigenvalue weighted by atomic mass is 32.2. The van der Waals surface area contributed by atoms with E-state index in [4.69, 9.17) is 17.9 Å². The second kappa shape index (κ2) is 8.26.